The first-order chi connectivity index (χ1) is 9.62. The lowest BCUT2D eigenvalue weighted by Gasteiger charge is -2.14. The Labute approximate surface area is 127 Å². The van der Waals surface area contributed by atoms with E-state index in [1.54, 1.807) is 0 Å². The summed E-state index contributed by atoms with van der Waals surface area (Å²) in [5, 5.41) is 0. The van der Waals surface area contributed by atoms with E-state index in [2.05, 4.69) is 58.0 Å². The third kappa shape index (κ3) is 7.99. The van der Waals surface area contributed by atoms with Crippen molar-refractivity contribution in [3.63, 3.8) is 0 Å². The molecule has 0 aliphatic heterocycles. The minimum Gasteiger partial charge on any atom is -0.0919 e. The Morgan fingerprint density at radius 3 is 1.85 bits per heavy atom. The summed E-state index contributed by atoms with van der Waals surface area (Å²) >= 11 is 0. The van der Waals surface area contributed by atoms with Crippen molar-refractivity contribution in [2.24, 2.45) is 0 Å². The highest BCUT2D eigenvalue weighted by atomic mass is 14.1. The predicted molar refractivity (Wildman–Crippen MR) is 96.5 cm³/mol. The zero-order valence-corrected chi connectivity index (χ0v) is 14.8. The molecule has 0 saturated carbocycles. The molecule has 0 aromatic heterocycles. The summed E-state index contributed by atoms with van der Waals surface area (Å²) < 4.78 is 0. The third-order valence-corrected chi connectivity index (χ3v) is 2.87. The molecule has 0 heteroatoms. The van der Waals surface area contributed by atoms with E-state index in [-0.39, 0.29) is 0 Å². The molecule has 0 amide bonds. The van der Waals surface area contributed by atoms with Crippen LogP contribution >= 0.6 is 0 Å². The lowest BCUT2D eigenvalue weighted by Crippen LogP contribution is -1.98. The van der Waals surface area contributed by atoms with Gasteiger partial charge in [-0.2, -0.15) is 0 Å². The van der Waals surface area contributed by atoms with Crippen LogP contribution in [0.25, 0.3) is 6.08 Å². The molecule has 0 aliphatic carbocycles. The molecule has 0 bridgehead atoms. The zero-order valence-electron chi connectivity index (χ0n) is 14.8. The average Bonchev–Trinajstić information content (AvgIpc) is 2.49. The van der Waals surface area contributed by atoms with Crippen LogP contribution in [0.4, 0.5) is 0 Å². The first-order valence-electron chi connectivity index (χ1n) is 7.94. The van der Waals surface area contributed by atoms with Crippen molar-refractivity contribution in [1.29, 1.82) is 0 Å². The van der Waals surface area contributed by atoms with Gasteiger partial charge in [-0.25, -0.2) is 0 Å². The number of aryl methyl sites for hydroxylation is 1. The maximum Gasteiger partial charge on any atom is -0.0210 e. The van der Waals surface area contributed by atoms with Crippen molar-refractivity contribution >= 4 is 6.08 Å². The van der Waals surface area contributed by atoms with Crippen molar-refractivity contribution in [2.45, 2.75) is 67.7 Å². The van der Waals surface area contributed by atoms with Crippen LogP contribution in [0, 0.1) is 0 Å². The molecule has 1 rings (SSSR count). The molecule has 0 heterocycles. The monoisotopic (exact) mass is 274 g/mol. The maximum atomic E-state index is 2.27. The van der Waals surface area contributed by atoms with Crippen LogP contribution in [0.1, 0.15) is 78.0 Å². The SMILES string of the molecule is C/C=C\C.C/C=C\c1cccc(CC)c1C(C)C.CC. The highest BCUT2D eigenvalue weighted by Gasteiger charge is 2.08. The van der Waals surface area contributed by atoms with Gasteiger partial charge in [-0.1, -0.05) is 77.1 Å². The van der Waals surface area contributed by atoms with Gasteiger partial charge in [0.05, 0.1) is 0 Å². The minimum atomic E-state index is 0.609. The van der Waals surface area contributed by atoms with Gasteiger partial charge in [-0.3, -0.25) is 0 Å². The minimum absolute atomic E-state index is 0.609. The van der Waals surface area contributed by atoms with Gasteiger partial charge in [0.15, 0.2) is 0 Å². The zero-order chi connectivity index (χ0) is 16.0. The summed E-state index contributed by atoms with van der Waals surface area (Å²) in [6, 6.07) is 6.59. The van der Waals surface area contributed by atoms with E-state index in [1.807, 2.05) is 39.8 Å². The van der Waals surface area contributed by atoms with Crippen molar-refractivity contribution in [3.8, 4) is 0 Å². The van der Waals surface area contributed by atoms with E-state index >= 15 is 0 Å². The molecule has 0 aliphatic rings. The predicted octanol–water partition coefficient (Wildman–Crippen LogP) is 7.01. The highest BCUT2D eigenvalue weighted by Crippen LogP contribution is 2.25. The van der Waals surface area contributed by atoms with Gasteiger partial charge < -0.3 is 0 Å². The molecule has 114 valence electrons. The molecule has 0 fully saturated rings. The molecule has 0 radical (unpaired) electrons. The van der Waals surface area contributed by atoms with Crippen LogP contribution in [0.3, 0.4) is 0 Å². The number of hydrogen-bond donors (Lipinski definition) is 0. The molecular weight excluding hydrogens is 240 g/mol. The molecular formula is C20H34. The lowest BCUT2D eigenvalue weighted by molar-refractivity contribution is 0.841. The normalized spacial score (nSPS) is 10.2. The Bertz CT molecular complexity index is 377. The Kier molecular flexibility index (Phi) is 14.8. The van der Waals surface area contributed by atoms with E-state index in [4.69, 9.17) is 0 Å². The van der Waals surface area contributed by atoms with Crippen LogP contribution < -0.4 is 0 Å². The van der Waals surface area contributed by atoms with Gasteiger partial charge in [-0.15, -0.1) is 0 Å². The number of benzene rings is 1. The summed E-state index contributed by atoms with van der Waals surface area (Å²) in [5.41, 5.74) is 4.37. The second-order valence-corrected chi connectivity index (χ2v) is 4.59. The molecule has 0 spiro atoms. The Morgan fingerprint density at radius 2 is 1.50 bits per heavy atom. The fraction of sp³-hybridized carbons (Fsp3) is 0.500. The summed E-state index contributed by atoms with van der Waals surface area (Å²) in [7, 11) is 0. The Morgan fingerprint density at radius 1 is 0.950 bits per heavy atom. The second kappa shape index (κ2) is 14.1. The third-order valence-electron chi connectivity index (χ3n) is 2.87. The van der Waals surface area contributed by atoms with Gasteiger partial charge in [0, 0.05) is 0 Å². The summed E-state index contributed by atoms with van der Waals surface area (Å²) in [4.78, 5) is 0. The molecule has 0 unspecified atom stereocenters. The Hall–Kier alpha value is -1.30. The quantitative estimate of drug-likeness (QED) is 0.520. The summed E-state index contributed by atoms with van der Waals surface area (Å²) in [5.74, 6) is 0.609. The fourth-order valence-corrected chi connectivity index (χ4v) is 1.97. The molecule has 0 saturated heterocycles. The van der Waals surface area contributed by atoms with E-state index in [0.717, 1.165) is 6.42 Å². The standard InChI is InChI=1S/C14H20.C4H8.C2H6/c1-5-8-13-10-7-9-12(6-2)14(13)11(3)4;1-3-4-2;1-2/h5,7-11H,6H2,1-4H3;3-4H,1-2H3;1-2H3/b8-5-;4-3-;. The molecule has 0 N–H and O–H groups in total. The number of rotatable bonds is 3. The van der Waals surface area contributed by atoms with Crippen LogP contribution in [-0.2, 0) is 6.42 Å². The van der Waals surface area contributed by atoms with Crippen LogP contribution in [-0.4, -0.2) is 0 Å². The van der Waals surface area contributed by atoms with Gasteiger partial charge in [0.2, 0.25) is 0 Å². The van der Waals surface area contributed by atoms with E-state index in [0.29, 0.717) is 5.92 Å². The van der Waals surface area contributed by atoms with Gasteiger partial charge in [0.25, 0.3) is 0 Å². The van der Waals surface area contributed by atoms with Crippen LogP contribution in [0.15, 0.2) is 36.4 Å². The molecule has 0 atom stereocenters. The van der Waals surface area contributed by atoms with Crippen LogP contribution in [0.5, 0.6) is 0 Å². The Balaban J connectivity index is 0. The summed E-state index contributed by atoms with van der Waals surface area (Å²) in [6.45, 7) is 16.8. The van der Waals surface area contributed by atoms with Crippen molar-refractivity contribution < 1.29 is 0 Å². The second-order valence-electron chi connectivity index (χ2n) is 4.59. The van der Waals surface area contributed by atoms with E-state index < -0.39 is 0 Å². The van der Waals surface area contributed by atoms with Gasteiger partial charge in [0.1, 0.15) is 0 Å². The van der Waals surface area contributed by atoms with Gasteiger partial charge in [-0.05, 0) is 49.8 Å². The average molecular weight is 274 g/mol. The topological polar surface area (TPSA) is 0 Å². The highest BCUT2D eigenvalue weighted by molar-refractivity contribution is 5.56. The first-order valence-corrected chi connectivity index (χ1v) is 7.94. The van der Waals surface area contributed by atoms with Gasteiger partial charge >= 0.3 is 0 Å². The van der Waals surface area contributed by atoms with Crippen molar-refractivity contribution in [3.05, 3.63) is 53.1 Å². The molecule has 1 aromatic rings. The molecule has 20 heavy (non-hydrogen) atoms. The first kappa shape index (κ1) is 21.0. The summed E-state index contributed by atoms with van der Waals surface area (Å²) in [6.07, 6.45) is 9.44. The largest absolute Gasteiger partial charge is 0.0919 e. The maximum absolute atomic E-state index is 2.27. The van der Waals surface area contributed by atoms with E-state index in [1.165, 1.54) is 16.7 Å². The number of allylic oxidation sites excluding steroid dienone is 3. The fourth-order valence-electron chi connectivity index (χ4n) is 1.97. The lowest BCUT2D eigenvalue weighted by atomic mass is 9.90. The number of hydrogen-bond acceptors (Lipinski definition) is 0. The molecule has 0 nitrogen and oxygen atoms in total. The van der Waals surface area contributed by atoms with E-state index in [9.17, 15) is 0 Å². The molecule has 1 aromatic carbocycles. The van der Waals surface area contributed by atoms with Crippen molar-refractivity contribution in [1.82, 2.24) is 0 Å². The van der Waals surface area contributed by atoms with Crippen LogP contribution in [0.2, 0.25) is 0 Å². The smallest absolute Gasteiger partial charge is 0.0210 e. The van der Waals surface area contributed by atoms with Crippen molar-refractivity contribution in [2.75, 3.05) is 0 Å².